The van der Waals surface area contributed by atoms with Crippen molar-refractivity contribution >= 4 is 33.4 Å². The van der Waals surface area contributed by atoms with Crippen molar-refractivity contribution in [1.29, 1.82) is 0 Å². The van der Waals surface area contributed by atoms with Crippen molar-refractivity contribution in [1.82, 2.24) is 4.90 Å². The molecule has 2 aromatic rings. The molecule has 1 heterocycles. The first-order valence-corrected chi connectivity index (χ1v) is 7.71. The lowest BCUT2D eigenvalue weighted by Crippen LogP contribution is -2.21. The van der Waals surface area contributed by atoms with E-state index in [9.17, 15) is 0 Å². The van der Waals surface area contributed by atoms with E-state index in [1.54, 1.807) is 11.8 Å². The maximum absolute atomic E-state index is 5.67. The van der Waals surface area contributed by atoms with E-state index in [1.807, 2.05) is 6.92 Å². The molecule has 0 N–H and O–H groups in total. The van der Waals surface area contributed by atoms with Crippen molar-refractivity contribution in [2.24, 2.45) is 4.99 Å². The van der Waals surface area contributed by atoms with E-state index >= 15 is 0 Å². The summed E-state index contributed by atoms with van der Waals surface area (Å²) in [6, 6.07) is 14.6. The predicted molar refractivity (Wildman–Crippen MR) is 86.7 cm³/mol. The lowest BCUT2D eigenvalue weighted by Gasteiger charge is -2.10. The molecular formula is C16H18N2OS. The van der Waals surface area contributed by atoms with Gasteiger partial charge >= 0.3 is 0 Å². The number of likely N-dealkylation sites (N-methyl/N-ethyl adjacent to an activating group) is 1. The van der Waals surface area contributed by atoms with E-state index in [1.165, 1.54) is 10.8 Å². The van der Waals surface area contributed by atoms with Crippen molar-refractivity contribution in [3.8, 4) is 0 Å². The normalized spacial score (nSPS) is 21.0. The minimum atomic E-state index is 0.193. The second-order valence-electron chi connectivity index (χ2n) is 4.78. The quantitative estimate of drug-likeness (QED) is 0.856. The largest absolute Gasteiger partial charge is 0.366 e. The number of aliphatic imine (C=N–C) groups is 1. The molecule has 0 amide bonds. The van der Waals surface area contributed by atoms with Crippen molar-refractivity contribution in [3.63, 3.8) is 0 Å². The van der Waals surface area contributed by atoms with Gasteiger partial charge in [-0.2, -0.15) is 0 Å². The Hall–Kier alpha value is -1.52. The number of ether oxygens (including phenoxy) is 1. The van der Waals surface area contributed by atoms with Crippen LogP contribution in [0.4, 0.5) is 5.69 Å². The van der Waals surface area contributed by atoms with Crippen LogP contribution in [0.3, 0.4) is 0 Å². The summed E-state index contributed by atoms with van der Waals surface area (Å²) in [6.45, 7) is 3.66. The van der Waals surface area contributed by atoms with Crippen LogP contribution in [0.5, 0.6) is 0 Å². The highest BCUT2D eigenvalue weighted by Gasteiger charge is 2.26. The molecule has 0 aliphatic carbocycles. The lowest BCUT2D eigenvalue weighted by atomic mass is 10.1. The van der Waals surface area contributed by atoms with Crippen LogP contribution in [0.1, 0.15) is 6.92 Å². The minimum Gasteiger partial charge on any atom is -0.366 e. The van der Waals surface area contributed by atoms with E-state index in [0.29, 0.717) is 0 Å². The number of benzene rings is 2. The summed E-state index contributed by atoms with van der Waals surface area (Å²) in [4.78, 5) is 6.98. The smallest absolute Gasteiger partial charge is 0.166 e. The molecule has 1 aliphatic heterocycles. The maximum Gasteiger partial charge on any atom is 0.166 e. The van der Waals surface area contributed by atoms with Gasteiger partial charge in [-0.15, -0.1) is 0 Å². The lowest BCUT2D eigenvalue weighted by molar-refractivity contribution is 0.117. The van der Waals surface area contributed by atoms with Crippen LogP contribution >= 0.6 is 11.8 Å². The summed E-state index contributed by atoms with van der Waals surface area (Å²) in [5.41, 5.74) is 1.22. The third-order valence-corrected chi connectivity index (χ3v) is 4.48. The Kier molecular flexibility index (Phi) is 3.94. The standard InChI is InChI=1S/C16H18N2OS/c1-3-19-15-11-18(2)16(20-15)17-14-10-6-8-12-7-4-5-9-13(12)14/h4-10,15H,3,11H2,1-2H3/t15-/m1/s1. The van der Waals surface area contributed by atoms with Crippen LogP contribution in [-0.2, 0) is 4.74 Å². The van der Waals surface area contributed by atoms with E-state index in [4.69, 9.17) is 9.73 Å². The molecule has 0 radical (unpaired) electrons. The third kappa shape index (κ3) is 2.67. The molecule has 20 heavy (non-hydrogen) atoms. The Labute approximate surface area is 123 Å². The van der Waals surface area contributed by atoms with Crippen molar-refractivity contribution in [3.05, 3.63) is 42.5 Å². The monoisotopic (exact) mass is 286 g/mol. The third-order valence-electron chi connectivity index (χ3n) is 3.32. The molecule has 0 aromatic heterocycles. The highest BCUT2D eigenvalue weighted by Crippen LogP contribution is 2.31. The molecule has 3 rings (SSSR count). The molecule has 3 nitrogen and oxygen atoms in total. The Balaban J connectivity index is 1.94. The highest BCUT2D eigenvalue weighted by molar-refractivity contribution is 8.14. The second-order valence-corrected chi connectivity index (χ2v) is 5.90. The van der Waals surface area contributed by atoms with Gasteiger partial charge in [0.15, 0.2) is 5.17 Å². The van der Waals surface area contributed by atoms with Gasteiger partial charge in [-0.1, -0.05) is 48.2 Å². The Morgan fingerprint density at radius 2 is 2.05 bits per heavy atom. The molecule has 1 fully saturated rings. The van der Waals surface area contributed by atoms with Crippen LogP contribution in [0.2, 0.25) is 0 Å². The van der Waals surface area contributed by atoms with Crippen LogP contribution in [0.25, 0.3) is 10.8 Å². The summed E-state index contributed by atoms with van der Waals surface area (Å²) in [7, 11) is 2.07. The Morgan fingerprint density at radius 1 is 1.25 bits per heavy atom. The van der Waals surface area contributed by atoms with Gasteiger partial charge in [-0.05, 0) is 18.4 Å². The molecule has 1 aliphatic rings. The van der Waals surface area contributed by atoms with Gasteiger partial charge in [-0.3, -0.25) is 0 Å². The summed E-state index contributed by atoms with van der Waals surface area (Å²) in [5.74, 6) is 0. The summed E-state index contributed by atoms with van der Waals surface area (Å²) in [6.07, 6.45) is 0. The summed E-state index contributed by atoms with van der Waals surface area (Å²) >= 11 is 1.70. The number of hydrogen-bond acceptors (Lipinski definition) is 3. The number of rotatable bonds is 3. The van der Waals surface area contributed by atoms with Gasteiger partial charge in [-0.25, -0.2) is 4.99 Å². The zero-order valence-corrected chi connectivity index (χ0v) is 12.6. The fourth-order valence-corrected chi connectivity index (χ4v) is 3.48. The molecular weight excluding hydrogens is 268 g/mol. The number of thioether (sulfide) groups is 1. The Morgan fingerprint density at radius 3 is 2.90 bits per heavy atom. The average Bonchev–Trinajstić information content (AvgIpc) is 2.80. The molecule has 0 unspecified atom stereocenters. The number of hydrogen-bond donors (Lipinski definition) is 0. The number of nitrogens with zero attached hydrogens (tertiary/aromatic N) is 2. The molecule has 1 atom stereocenters. The topological polar surface area (TPSA) is 24.8 Å². The average molecular weight is 286 g/mol. The minimum absolute atomic E-state index is 0.193. The van der Waals surface area contributed by atoms with Crippen LogP contribution in [0.15, 0.2) is 47.5 Å². The zero-order chi connectivity index (χ0) is 13.9. The zero-order valence-electron chi connectivity index (χ0n) is 11.7. The van der Waals surface area contributed by atoms with Crippen LogP contribution in [0, 0.1) is 0 Å². The fraction of sp³-hybridized carbons (Fsp3) is 0.312. The van der Waals surface area contributed by atoms with Crippen LogP contribution in [-0.4, -0.2) is 35.7 Å². The SMILES string of the molecule is CCO[C@H]1CN(C)C(=Nc2cccc3ccccc23)S1. The molecule has 0 saturated carbocycles. The van der Waals surface area contributed by atoms with E-state index in [0.717, 1.165) is 24.0 Å². The molecule has 4 heteroatoms. The summed E-state index contributed by atoms with van der Waals surface area (Å²) in [5, 5.41) is 3.44. The Bertz CT molecular complexity index is 636. The fourth-order valence-electron chi connectivity index (χ4n) is 2.34. The first-order valence-electron chi connectivity index (χ1n) is 6.84. The van der Waals surface area contributed by atoms with Crippen molar-refractivity contribution in [2.75, 3.05) is 20.2 Å². The first kappa shape index (κ1) is 13.5. The molecule has 1 saturated heterocycles. The first-order chi connectivity index (χ1) is 9.78. The van der Waals surface area contributed by atoms with E-state index in [2.05, 4.69) is 54.4 Å². The van der Waals surface area contributed by atoms with Gasteiger partial charge in [0.25, 0.3) is 0 Å². The van der Waals surface area contributed by atoms with Gasteiger partial charge < -0.3 is 9.64 Å². The molecule has 104 valence electrons. The molecule has 2 aromatic carbocycles. The number of fused-ring (bicyclic) bond motifs is 1. The molecule has 0 bridgehead atoms. The van der Waals surface area contributed by atoms with Gasteiger partial charge in [0, 0.05) is 19.0 Å². The second kappa shape index (κ2) is 5.85. The van der Waals surface area contributed by atoms with E-state index < -0.39 is 0 Å². The number of amidine groups is 1. The van der Waals surface area contributed by atoms with Gasteiger partial charge in [0.2, 0.25) is 0 Å². The summed E-state index contributed by atoms with van der Waals surface area (Å²) < 4.78 is 5.67. The van der Waals surface area contributed by atoms with Crippen LogP contribution < -0.4 is 0 Å². The molecule has 0 spiro atoms. The van der Waals surface area contributed by atoms with Gasteiger partial charge in [0.1, 0.15) is 5.44 Å². The van der Waals surface area contributed by atoms with E-state index in [-0.39, 0.29) is 5.44 Å². The van der Waals surface area contributed by atoms with Gasteiger partial charge in [0.05, 0.1) is 12.2 Å². The predicted octanol–water partition coefficient (Wildman–Crippen LogP) is 3.87. The highest BCUT2D eigenvalue weighted by atomic mass is 32.2. The van der Waals surface area contributed by atoms with Crippen molar-refractivity contribution in [2.45, 2.75) is 12.4 Å². The maximum atomic E-state index is 5.67. The van der Waals surface area contributed by atoms with Crippen molar-refractivity contribution < 1.29 is 4.74 Å².